The minimum absolute atomic E-state index is 0.00997. The smallest absolute Gasteiger partial charge is 0.261 e. The molecule has 386 valence electrons. The maximum atomic E-state index is 15.8. The van der Waals surface area contributed by atoms with Crippen molar-refractivity contribution in [3.05, 3.63) is 67.4 Å². The number of fused-ring (bicyclic) bond motifs is 1. The fourth-order valence-electron chi connectivity index (χ4n) is 10.3. The minimum atomic E-state index is -0.0454. The largest absolute Gasteiger partial charge is 0.306 e. The van der Waals surface area contributed by atoms with Gasteiger partial charge in [-0.25, -0.2) is 9.97 Å². The molecule has 0 aromatic carbocycles. The molecule has 0 radical (unpaired) electrons. The number of thiazole rings is 2. The van der Waals surface area contributed by atoms with Gasteiger partial charge in [0.1, 0.15) is 5.01 Å². The summed E-state index contributed by atoms with van der Waals surface area (Å²) in [6.45, 7) is 23.9. The molecule has 4 aromatic heterocycles. The van der Waals surface area contributed by atoms with Gasteiger partial charge in [0.05, 0.1) is 51.9 Å². The summed E-state index contributed by atoms with van der Waals surface area (Å²) in [5.74, 6) is 0.790. The molecule has 6 nitrogen and oxygen atoms in total. The Balaban J connectivity index is 1.43. The lowest BCUT2D eigenvalue weighted by Crippen LogP contribution is -2.34. The lowest BCUT2D eigenvalue weighted by atomic mass is 9.93. The summed E-state index contributed by atoms with van der Waals surface area (Å²) in [4.78, 5) is 52.1. The molecule has 2 aliphatic heterocycles. The van der Waals surface area contributed by atoms with Crippen molar-refractivity contribution in [2.24, 2.45) is 11.8 Å². The van der Waals surface area contributed by atoms with Crippen molar-refractivity contribution < 1.29 is 9.59 Å². The number of thiophene rings is 2. The standard InChI is InChI=1S/C60H90N4O2S4/c1-11-15-19-23-25-29-33-43(31-27-21-17-13-3)41-63-53(45-35-36-47(67-45)55-61-39-48(69-55)49-40-62-58(70-49)60(8,9)10)51-52(57(63)66)54(46-37-38-50(68-46)59(5,6)7)64(56(51)65)42-44(32-28-22-18-14-4)34-30-26-24-20-16-12-2/h35-40,43-44H,11-34,41-42H2,1-10H3. The Hall–Kier alpha value is -2.92. The minimum Gasteiger partial charge on any atom is -0.306 e. The number of hydrogen-bond acceptors (Lipinski definition) is 8. The zero-order valence-electron chi connectivity index (χ0n) is 45.2. The van der Waals surface area contributed by atoms with Gasteiger partial charge in [0, 0.05) is 35.8 Å². The van der Waals surface area contributed by atoms with Gasteiger partial charge in [0.2, 0.25) is 0 Å². The first-order valence-corrected chi connectivity index (χ1v) is 31.2. The first kappa shape index (κ1) is 56.4. The molecule has 2 aliphatic rings. The SMILES string of the molecule is CCCCCCCCC(CCCCCC)CN1C(=O)C2=C(c3ccc(C(C)(C)C)s3)N(CC(CCCCCC)CCCCCCCC)C(=O)C2=C1c1ccc(-c2ncc(-c3cnc(C(C)(C)C)s3)s2)s1. The van der Waals surface area contributed by atoms with Crippen LogP contribution in [-0.2, 0) is 20.4 Å². The highest BCUT2D eigenvalue weighted by atomic mass is 32.1. The second-order valence-electron chi connectivity index (χ2n) is 22.7. The summed E-state index contributed by atoms with van der Waals surface area (Å²) in [6.07, 6.45) is 33.3. The van der Waals surface area contributed by atoms with Crippen molar-refractivity contribution in [2.45, 2.75) is 234 Å². The summed E-state index contributed by atoms with van der Waals surface area (Å²) in [6, 6.07) is 8.80. The van der Waals surface area contributed by atoms with Crippen molar-refractivity contribution in [1.29, 1.82) is 0 Å². The Morgan fingerprint density at radius 1 is 0.443 bits per heavy atom. The van der Waals surface area contributed by atoms with Crippen LogP contribution >= 0.6 is 45.3 Å². The quantitative estimate of drug-likeness (QED) is 0.0457. The summed E-state index contributed by atoms with van der Waals surface area (Å²) >= 11 is 6.91. The molecule has 6 heterocycles. The number of nitrogens with zero attached hydrogens (tertiary/aromatic N) is 4. The fraction of sp³-hybridized carbons (Fsp3) is 0.667. The maximum Gasteiger partial charge on any atom is 0.261 e. The van der Waals surface area contributed by atoms with Crippen molar-refractivity contribution in [3.63, 3.8) is 0 Å². The van der Waals surface area contributed by atoms with E-state index in [4.69, 9.17) is 9.97 Å². The lowest BCUT2D eigenvalue weighted by Gasteiger charge is -2.29. The molecule has 2 atom stereocenters. The number of hydrogen-bond donors (Lipinski definition) is 0. The van der Waals surface area contributed by atoms with Gasteiger partial charge in [-0.15, -0.1) is 45.3 Å². The third-order valence-corrected chi connectivity index (χ3v) is 19.8. The van der Waals surface area contributed by atoms with E-state index in [1.807, 2.05) is 12.4 Å². The average molecular weight is 1030 g/mol. The van der Waals surface area contributed by atoms with Crippen molar-refractivity contribution in [1.82, 2.24) is 19.8 Å². The van der Waals surface area contributed by atoms with E-state index in [1.54, 1.807) is 45.3 Å². The van der Waals surface area contributed by atoms with Crippen LogP contribution in [0.1, 0.15) is 243 Å². The van der Waals surface area contributed by atoms with Gasteiger partial charge < -0.3 is 9.80 Å². The predicted octanol–water partition coefficient (Wildman–Crippen LogP) is 19.1. The van der Waals surface area contributed by atoms with E-state index < -0.39 is 0 Å². The van der Waals surface area contributed by atoms with Gasteiger partial charge >= 0.3 is 0 Å². The van der Waals surface area contributed by atoms with Crippen LogP contribution in [0.25, 0.3) is 31.0 Å². The molecular formula is C60H90N4O2S4. The number of unbranched alkanes of at least 4 members (excludes halogenated alkanes) is 16. The topological polar surface area (TPSA) is 66.4 Å². The summed E-state index contributed by atoms with van der Waals surface area (Å²) in [5.41, 5.74) is 2.91. The fourth-order valence-corrected chi connectivity index (χ4v) is 14.5. The molecule has 70 heavy (non-hydrogen) atoms. The highest BCUT2D eigenvalue weighted by Gasteiger charge is 2.50. The van der Waals surface area contributed by atoms with Gasteiger partial charge in [-0.1, -0.05) is 198 Å². The number of carbonyl (C=O) groups is 2. The van der Waals surface area contributed by atoms with E-state index in [0.29, 0.717) is 36.1 Å². The van der Waals surface area contributed by atoms with Crippen molar-refractivity contribution in [2.75, 3.05) is 13.1 Å². The molecule has 2 unspecified atom stereocenters. The Morgan fingerprint density at radius 2 is 0.843 bits per heavy atom. The maximum absolute atomic E-state index is 15.8. The van der Waals surface area contributed by atoms with Gasteiger partial charge in [-0.05, 0) is 67.2 Å². The molecule has 2 amide bonds. The zero-order chi connectivity index (χ0) is 50.3. The van der Waals surface area contributed by atoms with Crippen LogP contribution in [0.3, 0.4) is 0 Å². The van der Waals surface area contributed by atoms with E-state index in [0.717, 1.165) is 71.5 Å². The molecule has 6 rings (SSSR count). The molecule has 0 spiro atoms. The normalized spacial score (nSPS) is 15.4. The molecule has 4 aromatic rings. The van der Waals surface area contributed by atoms with Gasteiger partial charge in [-0.2, -0.15) is 0 Å². The Bertz CT molecular complexity index is 2310. The Morgan fingerprint density at radius 3 is 1.29 bits per heavy atom. The summed E-state index contributed by atoms with van der Waals surface area (Å²) < 4.78 is 0. The van der Waals surface area contributed by atoms with Crippen molar-refractivity contribution in [3.8, 4) is 19.6 Å². The Labute approximate surface area is 441 Å². The molecule has 0 bridgehead atoms. The van der Waals surface area contributed by atoms with Crippen LogP contribution < -0.4 is 0 Å². The molecule has 0 fully saturated rings. The van der Waals surface area contributed by atoms with Crippen LogP contribution in [-0.4, -0.2) is 44.7 Å². The second kappa shape index (κ2) is 27.4. The van der Waals surface area contributed by atoms with Crippen LogP contribution in [0, 0.1) is 11.8 Å². The van der Waals surface area contributed by atoms with E-state index in [-0.39, 0.29) is 22.6 Å². The molecule has 0 N–H and O–H groups in total. The van der Waals surface area contributed by atoms with Crippen LogP contribution in [0.2, 0.25) is 0 Å². The highest BCUT2D eigenvalue weighted by Crippen LogP contribution is 2.51. The van der Waals surface area contributed by atoms with E-state index in [1.165, 1.54) is 133 Å². The molecule has 10 heteroatoms. The van der Waals surface area contributed by atoms with E-state index in [9.17, 15) is 0 Å². The molecular weight excluding hydrogens is 937 g/mol. The highest BCUT2D eigenvalue weighted by molar-refractivity contribution is 7.26. The Kier molecular flexibility index (Phi) is 22.1. The zero-order valence-corrected chi connectivity index (χ0v) is 48.5. The number of aromatic nitrogens is 2. The van der Waals surface area contributed by atoms with E-state index >= 15 is 9.59 Å². The number of rotatable bonds is 32. The molecule has 0 saturated heterocycles. The third-order valence-electron chi connectivity index (χ3n) is 14.5. The third kappa shape index (κ3) is 15.1. The van der Waals surface area contributed by atoms with Gasteiger partial charge in [0.15, 0.2) is 0 Å². The average Bonchev–Trinajstić information content (AvgIpc) is 4.19. The van der Waals surface area contributed by atoms with Gasteiger partial charge in [0.25, 0.3) is 11.8 Å². The first-order valence-electron chi connectivity index (χ1n) is 28.0. The van der Waals surface area contributed by atoms with Crippen LogP contribution in [0.4, 0.5) is 0 Å². The predicted molar refractivity (Wildman–Crippen MR) is 306 cm³/mol. The van der Waals surface area contributed by atoms with Gasteiger partial charge in [-0.3, -0.25) is 9.59 Å². The van der Waals surface area contributed by atoms with Crippen LogP contribution in [0.5, 0.6) is 0 Å². The molecule has 0 saturated carbocycles. The lowest BCUT2D eigenvalue weighted by molar-refractivity contribution is -0.124. The van der Waals surface area contributed by atoms with E-state index in [2.05, 4.69) is 103 Å². The first-order chi connectivity index (χ1) is 33.7. The van der Waals surface area contributed by atoms with Crippen molar-refractivity contribution >= 4 is 68.6 Å². The second-order valence-corrected chi connectivity index (χ2v) is 26.9. The number of amides is 2. The summed E-state index contributed by atoms with van der Waals surface area (Å²) in [5, 5.41) is 2.08. The number of carbonyl (C=O) groups excluding carboxylic acids is 2. The van der Waals surface area contributed by atoms with Crippen LogP contribution in [0.15, 0.2) is 47.8 Å². The summed E-state index contributed by atoms with van der Waals surface area (Å²) in [7, 11) is 0. The monoisotopic (exact) mass is 1030 g/mol. The molecule has 0 aliphatic carbocycles.